The minimum Gasteiger partial charge on any atom is -0.465 e. The fraction of sp³-hybridized carbons (Fsp3) is 0.500. The Hall–Kier alpha value is -2.09. The molecule has 132 valence electrons. The number of hydrogen-bond donors (Lipinski definition) is 1. The molecule has 0 aromatic heterocycles. The molecule has 1 N–H and O–H groups in total. The summed E-state index contributed by atoms with van der Waals surface area (Å²) in [5.41, 5.74) is 1.29. The lowest BCUT2D eigenvalue weighted by Crippen LogP contribution is -2.45. The standard InChI is InChI=1S/C16H19F3N2O3/c1-24-15(23)12-6-4-11(5-7-12)9-21-8-2-3-13(21)14(22)20-10-16(17,18)19/h4-7,13H,2-3,8-10H2,1H3,(H,20,22). The summed E-state index contributed by atoms with van der Waals surface area (Å²) in [4.78, 5) is 25.2. The predicted octanol–water partition coefficient (Wildman–Crippen LogP) is 2.12. The predicted molar refractivity (Wildman–Crippen MR) is 80.3 cm³/mol. The van der Waals surface area contributed by atoms with E-state index in [9.17, 15) is 22.8 Å². The van der Waals surface area contributed by atoms with E-state index in [1.165, 1.54) is 7.11 Å². The molecule has 1 aromatic rings. The van der Waals surface area contributed by atoms with Crippen molar-refractivity contribution in [3.05, 3.63) is 35.4 Å². The van der Waals surface area contributed by atoms with Gasteiger partial charge in [0.25, 0.3) is 0 Å². The van der Waals surface area contributed by atoms with E-state index in [4.69, 9.17) is 0 Å². The van der Waals surface area contributed by atoms with Gasteiger partial charge < -0.3 is 10.1 Å². The normalized spacial score (nSPS) is 18.4. The van der Waals surface area contributed by atoms with E-state index in [-0.39, 0.29) is 0 Å². The number of hydrogen-bond acceptors (Lipinski definition) is 4. The second-order valence-electron chi connectivity index (χ2n) is 5.65. The number of halogens is 3. The summed E-state index contributed by atoms with van der Waals surface area (Å²) in [6.45, 7) is -0.238. The summed E-state index contributed by atoms with van der Waals surface area (Å²) in [5, 5.41) is 1.95. The third-order valence-corrected chi connectivity index (χ3v) is 3.89. The van der Waals surface area contributed by atoms with E-state index >= 15 is 0 Å². The van der Waals surface area contributed by atoms with Crippen molar-refractivity contribution in [1.82, 2.24) is 10.2 Å². The van der Waals surface area contributed by atoms with E-state index in [0.717, 1.165) is 12.0 Å². The Balaban J connectivity index is 1.95. The van der Waals surface area contributed by atoms with E-state index in [1.54, 1.807) is 24.3 Å². The molecular formula is C16H19F3N2O3. The molecule has 1 amide bonds. The Morgan fingerprint density at radius 1 is 1.29 bits per heavy atom. The van der Waals surface area contributed by atoms with Crippen molar-refractivity contribution in [1.29, 1.82) is 0 Å². The number of methoxy groups -OCH3 is 1. The van der Waals surface area contributed by atoms with Crippen LogP contribution >= 0.6 is 0 Å². The molecule has 8 heteroatoms. The average molecular weight is 344 g/mol. The Labute approximate surface area is 137 Å². The summed E-state index contributed by atoms with van der Waals surface area (Å²) >= 11 is 0. The van der Waals surface area contributed by atoms with Crippen LogP contribution in [-0.2, 0) is 16.1 Å². The maximum absolute atomic E-state index is 12.2. The second kappa shape index (κ2) is 7.65. The minimum atomic E-state index is -4.41. The first-order valence-corrected chi connectivity index (χ1v) is 7.56. The van der Waals surface area contributed by atoms with Gasteiger partial charge in [0.1, 0.15) is 6.54 Å². The molecule has 1 saturated heterocycles. The first-order valence-electron chi connectivity index (χ1n) is 7.56. The molecule has 0 aliphatic carbocycles. The van der Waals surface area contributed by atoms with Gasteiger partial charge in [0, 0.05) is 6.54 Å². The maximum atomic E-state index is 12.2. The van der Waals surface area contributed by atoms with Gasteiger partial charge >= 0.3 is 12.1 Å². The second-order valence-corrected chi connectivity index (χ2v) is 5.65. The smallest absolute Gasteiger partial charge is 0.405 e. The fourth-order valence-electron chi connectivity index (χ4n) is 2.72. The minimum absolute atomic E-state index is 0.419. The van der Waals surface area contributed by atoms with Crippen molar-refractivity contribution < 1.29 is 27.5 Å². The highest BCUT2D eigenvalue weighted by molar-refractivity contribution is 5.89. The lowest BCUT2D eigenvalue weighted by molar-refractivity contribution is -0.141. The average Bonchev–Trinajstić information content (AvgIpc) is 3.00. The Morgan fingerprint density at radius 3 is 2.54 bits per heavy atom. The van der Waals surface area contributed by atoms with Gasteiger partial charge in [0.15, 0.2) is 0 Å². The summed E-state index contributed by atoms with van der Waals surface area (Å²) in [6.07, 6.45) is -3.13. The zero-order valence-electron chi connectivity index (χ0n) is 13.2. The number of alkyl halides is 3. The molecule has 2 rings (SSSR count). The van der Waals surface area contributed by atoms with E-state index in [0.29, 0.717) is 25.1 Å². The van der Waals surface area contributed by atoms with Gasteiger partial charge in [-0.1, -0.05) is 12.1 Å². The number of amides is 1. The van der Waals surface area contributed by atoms with Crippen LogP contribution in [0.5, 0.6) is 0 Å². The first-order chi connectivity index (χ1) is 11.3. The number of rotatable bonds is 5. The molecule has 1 aliphatic heterocycles. The molecule has 1 aromatic carbocycles. The lowest BCUT2D eigenvalue weighted by Gasteiger charge is -2.24. The van der Waals surface area contributed by atoms with E-state index in [1.807, 2.05) is 10.2 Å². The van der Waals surface area contributed by atoms with Crippen LogP contribution in [-0.4, -0.2) is 49.2 Å². The highest BCUT2D eigenvalue weighted by Gasteiger charge is 2.34. The maximum Gasteiger partial charge on any atom is 0.405 e. The fourth-order valence-corrected chi connectivity index (χ4v) is 2.72. The van der Waals surface area contributed by atoms with Crippen LogP contribution in [0.1, 0.15) is 28.8 Å². The van der Waals surface area contributed by atoms with Crippen molar-refractivity contribution in [3.63, 3.8) is 0 Å². The number of likely N-dealkylation sites (tertiary alicyclic amines) is 1. The first kappa shape index (κ1) is 18.3. The van der Waals surface area contributed by atoms with Gasteiger partial charge in [0.05, 0.1) is 18.7 Å². The van der Waals surface area contributed by atoms with Gasteiger partial charge in [-0.25, -0.2) is 4.79 Å². The topological polar surface area (TPSA) is 58.6 Å². The molecule has 1 unspecified atom stereocenters. The number of benzene rings is 1. The highest BCUT2D eigenvalue weighted by Crippen LogP contribution is 2.21. The number of ether oxygens (including phenoxy) is 1. The monoisotopic (exact) mass is 344 g/mol. The third kappa shape index (κ3) is 4.95. The van der Waals surface area contributed by atoms with Crippen LogP contribution in [0.3, 0.4) is 0 Å². The molecule has 1 heterocycles. The van der Waals surface area contributed by atoms with Crippen LogP contribution in [0.4, 0.5) is 13.2 Å². The molecule has 0 spiro atoms. The van der Waals surface area contributed by atoms with E-state index < -0.39 is 30.6 Å². The van der Waals surface area contributed by atoms with Crippen LogP contribution in [0.25, 0.3) is 0 Å². The molecule has 0 radical (unpaired) electrons. The van der Waals surface area contributed by atoms with Crippen molar-refractivity contribution in [2.24, 2.45) is 0 Å². The SMILES string of the molecule is COC(=O)c1ccc(CN2CCCC2C(=O)NCC(F)(F)F)cc1. The molecule has 0 saturated carbocycles. The van der Waals surface area contributed by atoms with Gasteiger partial charge in [-0.05, 0) is 37.1 Å². The number of carbonyl (C=O) groups is 2. The number of nitrogens with one attached hydrogen (secondary N) is 1. The summed E-state index contributed by atoms with van der Waals surface area (Å²) in [7, 11) is 1.30. The summed E-state index contributed by atoms with van der Waals surface area (Å²) in [6, 6.07) is 6.17. The van der Waals surface area contributed by atoms with Gasteiger partial charge in [-0.15, -0.1) is 0 Å². The molecule has 24 heavy (non-hydrogen) atoms. The number of nitrogens with zero attached hydrogens (tertiary/aromatic N) is 1. The van der Waals surface area contributed by atoms with E-state index in [2.05, 4.69) is 4.74 Å². The quantitative estimate of drug-likeness (QED) is 0.832. The van der Waals surface area contributed by atoms with Crippen LogP contribution in [0.2, 0.25) is 0 Å². The molecule has 1 fully saturated rings. The summed E-state index contributed by atoms with van der Waals surface area (Å²) in [5.74, 6) is -1.04. The number of esters is 1. The van der Waals surface area contributed by atoms with Crippen LogP contribution in [0, 0.1) is 0 Å². The van der Waals surface area contributed by atoms with Crippen molar-refractivity contribution in [2.45, 2.75) is 31.6 Å². The molecule has 1 atom stereocenters. The zero-order chi connectivity index (χ0) is 17.7. The lowest BCUT2D eigenvalue weighted by atomic mass is 10.1. The Morgan fingerprint density at radius 2 is 1.96 bits per heavy atom. The van der Waals surface area contributed by atoms with Gasteiger partial charge in [0.2, 0.25) is 5.91 Å². The van der Waals surface area contributed by atoms with Crippen molar-refractivity contribution in [2.75, 3.05) is 20.2 Å². The van der Waals surface area contributed by atoms with Gasteiger partial charge in [-0.2, -0.15) is 13.2 Å². The Kier molecular flexibility index (Phi) is 5.82. The molecule has 1 aliphatic rings. The highest BCUT2D eigenvalue weighted by atomic mass is 19.4. The zero-order valence-corrected chi connectivity index (χ0v) is 13.2. The molecular weight excluding hydrogens is 325 g/mol. The molecule has 5 nitrogen and oxygen atoms in total. The summed E-state index contributed by atoms with van der Waals surface area (Å²) < 4.78 is 41.3. The largest absolute Gasteiger partial charge is 0.465 e. The van der Waals surface area contributed by atoms with Crippen molar-refractivity contribution >= 4 is 11.9 Å². The Bertz CT molecular complexity index is 587. The number of carbonyl (C=O) groups excluding carboxylic acids is 2. The van der Waals surface area contributed by atoms with Gasteiger partial charge in [-0.3, -0.25) is 9.69 Å². The van der Waals surface area contributed by atoms with Crippen LogP contribution in [0.15, 0.2) is 24.3 Å². The third-order valence-electron chi connectivity index (χ3n) is 3.89. The molecule has 0 bridgehead atoms. The van der Waals surface area contributed by atoms with Crippen molar-refractivity contribution in [3.8, 4) is 0 Å². The van der Waals surface area contributed by atoms with Crippen LogP contribution < -0.4 is 5.32 Å².